The monoisotopic (exact) mass is 239 g/mol. The lowest BCUT2D eigenvalue weighted by molar-refractivity contribution is -0.137. The van der Waals surface area contributed by atoms with Crippen molar-refractivity contribution < 1.29 is 9.59 Å². The van der Waals surface area contributed by atoms with Crippen molar-refractivity contribution in [2.45, 2.75) is 25.3 Å². The van der Waals surface area contributed by atoms with Gasteiger partial charge in [0, 0.05) is 33.1 Å². The van der Waals surface area contributed by atoms with Gasteiger partial charge in [-0.15, -0.1) is 0 Å². The van der Waals surface area contributed by atoms with Gasteiger partial charge in [-0.05, 0) is 25.9 Å². The van der Waals surface area contributed by atoms with Crippen LogP contribution in [-0.4, -0.2) is 61.4 Å². The predicted molar refractivity (Wildman–Crippen MR) is 64.4 cm³/mol. The van der Waals surface area contributed by atoms with Crippen molar-refractivity contribution in [2.24, 2.45) is 5.92 Å². The van der Waals surface area contributed by atoms with E-state index < -0.39 is 0 Å². The van der Waals surface area contributed by atoms with Crippen molar-refractivity contribution >= 4 is 11.8 Å². The Hall–Kier alpha value is -1.10. The maximum atomic E-state index is 12.3. The third-order valence-electron chi connectivity index (χ3n) is 3.89. The number of piperidine rings is 1. The minimum absolute atomic E-state index is 0.0852. The first-order chi connectivity index (χ1) is 8.09. The van der Waals surface area contributed by atoms with Crippen molar-refractivity contribution in [3.63, 3.8) is 0 Å². The molecule has 1 atom stereocenters. The highest BCUT2D eigenvalue weighted by atomic mass is 16.2. The Labute approximate surface area is 102 Å². The van der Waals surface area contributed by atoms with Crippen LogP contribution in [0.5, 0.6) is 0 Å². The fourth-order valence-corrected chi connectivity index (χ4v) is 2.69. The van der Waals surface area contributed by atoms with Gasteiger partial charge in [-0.25, -0.2) is 0 Å². The molecule has 5 heteroatoms. The number of nitrogens with zero attached hydrogens (tertiary/aromatic N) is 2. The number of nitrogens with one attached hydrogen (secondary N) is 1. The number of likely N-dealkylation sites (tertiary alicyclic amines) is 1. The van der Waals surface area contributed by atoms with Crippen LogP contribution >= 0.6 is 0 Å². The van der Waals surface area contributed by atoms with E-state index in [1.165, 1.54) is 0 Å². The van der Waals surface area contributed by atoms with Gasteiger partial charge < -0.3 is 15.1 Å². The molecule has 5 nitrogen and oxygen atoms in total. The van der Waals surface area contributed by atoms with Gasteiger partial charge >= 0.3 is 0 Å². The Kier molecular flexibility index (Phi) is 3.66. The highest BCUT2D eigenvalue weighted by Gasteiger charge is 2.35. The molecule has 2 amide bonds. The van der Waals surface area contributed by atoms with Gasteiger partial charge in [-0.2, -0.15) is 0 Å². The van der Waals surface area contributed by atoms with Crippen LogP contribution in [-0.2, 0) is 9.59 Å². The molecule has 0 radical (unpaired) electrons. The predicted octanol–water partition coefficient (Wildman–Crippen LogP) is -0.325. The average molecular weight is 239 g/mol. The Morgan fingerprint density at radius 2 is 2.06 bits per heavy atom. The van der Waals surface area contributed by atoms with Crippen molar-refractivity contribution in [3.05, 3.63) is 0 Å². The van der Waals surface area contributed by atoms with E-state index in [1.54, 1.807) is 11.9 Å². The molecular weight excluding hydrogens is 218 g/mol. The van der Waals surface area contributed by atoms with Crippen LogP contribution in [0.15, 0.2) is 0 Å². The summed E-state index contributed by atoms with van der Waals surface area (Å²) in [5, 5.41) is 3.29. The second-order valence-corrected chi connectivity index (χ2v) is 5.11. The first-order valence-corrected chi connectivity index (χ1v) is 6.31. The highest BCUT2D eigenvalue weighted by Crippen LogP contribution is 2.21. The first-order valence-electron chi connectivity index (χ1n) is 6.31. The number of carbonyl (C=O) groups excluding carboxylic acids is 2. The zero-order valence-electron chi connectivity index (χ0n) is 10.6. The largest absolute Gasteiger partial charge is 0.345 e. The molecule has 96 valence electrons. The van der Waals surface area contributed by atoms with Gasteiger partial charge in [0.05, 0.1) is 5.92 Å². The topological polar surface area (TPSA) is 52.7 Å². The van der Waals surface area contributed by atoms with E-state index in [9.17, 15) is 9.59 Å². The Morgan fingerprint density at radius 3 is 2.59 bits per heavy atom. The minimum atomic E-state index is -0.132. The Bertz CT molecular complexity index is 313. The Balaban J connectivity index is 1.92. The molecule has 2 fully saturated rings. The summed E-state index contributed by atoms with van der Waals surface area (Å²) in [4.78, 5) is 27.2. The smallest absolute Gasteiger partial charge is 0.227 e. The maximum Gasteiger partial charge on any atom is 0.227 e. The van der Waals surface area contributed by atoms with Crippen LogP contribution in [0, 0.1) is 5.92 Å². The summed E-state index contributed by atoms with van der Waals surface area (Å²) in [5.41, 5.74) is 0. The third kappa shape index (κ3) is 2.60. The molecular formula is C12H21N3O2. The summed E-state index contributed by atoms with van der Waals surface area (Å²) >= 11 is 0. The maximum absolute atomic E-state index is 12.3. The van der Waals surface area contributed by atoms with Crippen molar-refractivity contribution in [1.82, 2.24) is 15.1 Å². The minimum Gasteiger partial charge on any atom is -0.345 e. The second kappa shape index (κ2) is 5.04. The number of hydrogen-bond acceptors (Lipinski definition) is 3. The summed E-state index contributed by atoms with van der Waals surface area (Å²) in [7, 11) is 3.64. The lowest BCUT2D eigenvalue weighted by atomic mass is 10.0. The molecule has 0 aromatic heterocycles. The van der Waals surface area contributed by atoms with E-state index in [0.29, 0.717) is 19.0 Å². The van der Waals surface area contributed by atoms with Gasteiger partial charge in [0.15, 0.2) is 0 Å². The molecule has 1 N–H and O–H groups in total. The van der Waals surface area contributed by atoms with Gasteiger partial charge in [0.25, 0.3) is 0 Å². The van der Waals surface area contributed by atoms with Crippen LogP contribution in [0.1, 0.15) is 19.3 Å². The fourth-order valence-electron chi connectivity index (χ4n) is 2.69. The molecule has 0 aromatic carbocycles. The fraction of sp³-hybridized carbons (Fsp3) is 0.833. The summed E-state index contributed by atoms with van der Waals surface area (Å²) in [5.74, 6) is 0.0871. The van der Waals surface area contributed by atoms with Gasteiger partial charge in [-0.3, -0.25) is 9.59 Å². The van der Waals surface area contributed by atoms with E-state index in [-0.39, 0.29) is 17.7 Å². The van der Waals surface area contributed by atoms with Gasteiger partial charge in [0.1, 0.15) is 0 Å². The molecule has 0 aliphatic carbocycles. The zero-order chi connectivity index (χ0) is 12.4. The summed E-state index contributed by atoms with van der Waals surface area (Å²) in [6.07, 6.45) is 2.40. The van der Waals surface area contributed by atoms with Crippen molar-refractivity contribution in [2.75, 3.05) is 33.7 Å². The van der Waals surface area contributed by atoms with Gasteiger partial charge in [-0.1, -0.05) is 0 Å². The average Bonchev–Trinajstić information content (AvgIpc) is 2.69. The summed E-state index contributed by atoms with van der Waals surface area (Å²) < 4.78 is 0. The molecule has 0 saturated carbocycles. The number of rotatable bonds is 2. The normalized spacial score (nSPS) is 26.4. The van der Waals surface area contributed by atoms with Gasteiger partial charge in [0.2, 0.25) is 11.8 Å². The number of hydrogen-bond donors (Lipinski definition) is 1. The summed E-state index contributed by atoms with van der Waals surface area (Å²) in [6, 6.07) is 0.338. The molecule has 2 rings (SSSR count). The second-order valence-electron chi connectivity index (χ2n) is 5.11. The molecule has 1 unspecified atom stereocenters. The van der Waals surface area contributed by atoms with Crippen LogP contribution in [0.2, 0.25) is 0 Å². The molecule has 17 heavy (non-hydrogen) atoms. The highest BCUT2D eigenvalue weighted by molar-refractivity contribution is 5.89. The zero-order valence-corrected chi connectivity index (χ0v) is 10.6. The lowest BCUT2D eigenvalue weighted by Crippen LogP contribution is -2.46. The van der Waals surface area contributed by atoms with Crippen LogP contribution in [0.25, 0.3) is 0 Å². The molecule has 2 aliphatic heterocycles. The molecule has 0 aromatic rings. The van der Waals surface area contributed by atoms with Crippen molar-refractivity contribution in [3.8, 4) is 0 Å². The van der Waals surface area contributed by atoms with E-state index in [0.717, 1.165) is 25.9 Å². The number of carbonyl (C=O) groups is 2. The lowest BCUT2D eigenvalue weighted by Gasteiger charge is -2.33. The van der Waals surface area contributed by atoms with E-state index in [4.69, 9.17) is 0 Å². The molecule has 0 spiro atoms. The standard InChI is InChI=1S/C12H21N3O2/c1-14-8-9(7-11(14)16)12(17)15(2)10-3-5-13-6-4-10/h9-10,13H,3-8H2,1-2H3. The number of amides is 2. The van der Waals surface area contributed by atoms with Crippen LogP contribution in [0.4, 0.5) is 0 Å². The Morgan fingerprint density at radius 1 is 1.41 bits per heavy atom. The molecule has 0 bridgehead atoms. The quantitative estimate of drug-likeness (QED) is 0.718. The third-order valence-corrected chi connectivity index (χ3v) is 3.89. The summed E-state index contributed by atoms with van der Waals surface area (Å²) in [6.45, 7) is 2.53. The van der Waals surface area contributed by atoms with Crippen molar-refractivity contribution in [1.29, 1.82) is 0 Å². The van der Waals surface area contributed by atoms with E-state index in [2.05, 4.69) is 5.32 Å². The van der Waals surface area contributed by atoms with Crippen LogP contribution < -0.4 is 5.32 Å². The molecule has 2 heterocycles. The first kappa shape index (κ1) is 12.4. The molecule has 2 aliphatic rings. The van der Waals surface area contributed by atoms with E-state index in [1.807, 2.05) is 11.9 Å². The SMILES string of the molecule is CN1CC(C(=O)N(C)C2CCNCC2)CC1=O. The molecule has 2 saturated heterocycles. The van der Waals surface area contributed by atoms with E-state index >= 15 is 0 Å². The van der Waals surface area contributed by atoms with Crippen LogP contribution in [0.3, 0.4) is 0 Å².